The van der Waals surface area contributed by atoms with Crippen molar-refractivity contribution in [3.8, 4) is 39.9 Å². The molecular formula is C30H29ClN4O5. The fraction of sp³-hybridized carbons (Fsp3) is 0.267. The molecule has 2 aliphatic rings. The second-order valence-corrected chi connectivity index (χ2v) is 10.1. The van der Waals surface area contributed by atoms with Gasteiger partial charge in [0.05, 0.1) is 25.6 Å². The van der Waals surface area contributed by atoms with Gasteiger partial charge in [0, 0.05) is 49.4 Å². The number of hydrogen-bond donors (Lipinski definition) is 0. The van der Waals surface area contributed by atoms with E-state index in [-0.39, 0.29) is 12.7 Å². The maximum atomic E-state index is 13.9. The van der Waals surface area contributed by atoms with Crippen molar-refractivity contribution >= 4 is 17.5 Å². The number of nitrogens with zero attached hydrogens (tertiary/aromatic N) is 4. The van der Waals surface area contributed by atoms with Crippen molar-refractivity contribution < 1.29 is 23.7 Å². The molecule has 0 bridgehead atoms. The summed E-state index contributed by atoms with van der Waals surface area (Å²) < 4.78 is 23.6. The summed E-state index contributed by atoms with van der Waals surface area (Å²) >= 11 is 6.14. The number of amides is 1. The third kappa shape index (κ3) is 5.17. The Morgan fingerprint density at radius 3 is 2.42 bits per heavy atom. The molecule has 1 amide bonds. The molecule has 9 nitrogen and oxygen atoms in total. The minimum absolute atomic E-state index is 0.0797. The van der Waals surface area contributed by atoms with Crippen LogP contribution in [0, 0.1) is 0 Å². The van der Waals surface area contributed by atoms with E-state index >= 15 is 0 Å². The Morgan fingerprint density at radius 2 is 1.68 bits per heavy atom. The maximum absolute atomic E-state index is 13.9. The summed E-state index contributed by atoms with van der Waals surface area (Å²) in [7, 11) is 3.21. The van der Waals surface area contributed by atoms with Crippen molar-refractivity contribution in [1.29, 1.82) is 0 Å². The molecule has 0 aliphatic carbocycles. The monoisotopic (exact) mass is 560 g/mol. The minimum Gasteiger partial charge on any atom is -0.497 e. The van der Waals surface area contributed by atoms with Crippen LogP contribution < -0.4 is 18.9 Å². The van der Waals surface area contributed by atoms with E-state index in [2.05, 4.69) is 11.0 Å². The van der Waals surface area contributed by atoms with E-state index in [1.807, 2.05) is 47.4 Å². The summed E-state index contributed by atoms with van der Waals surface area (Å²) in [5.41, 5.74) is 3.76. The van der Waals surface area contributed by atoms with E-state index in [0.717, 1.165) is 47.9 Å². The zero-order valence-electron chi connectivity index (χ0n) is 22.3. The molecule has 0 radical (unpaired) electrons. The number of carbonyl (C=O) groups excluding carboxylic acids is 1. The van der Waals surface area contributed by atoms with Crippen molar-refractivity contribution in [3.05, 3.63) is 83.0 Å². The van der Waals surface area contributed by atoms with Crippen LogP contribution in [0.4, 0.5) is 0 Å². The van der Waals surface area contributed by atoms with Crippen molar-refractivity contribution in [1.82, 2.24) is 19.6 Å². The van der Waals surface area contributed by atoms with Crippen molar-refractivity contribution in [2.45, 2.75) is 6.54 Å². The zero-order chi connectivity index (χ0) is 27.6. The van der Waals surface area contributed by atoms with Crippen LogP contribution in [0.15, 0.2) is 66.7 Å². The number of fused-ring (bicyclic) bond motifs is 1. The molecule has 1 saturated heterocycles. The Morgan fingerprint density at radius 1 is 0.900 bits per heavy atom. The number of benzene rings is 3. The molecule has 6 rings (SSSR count). The molecule has 3 heterocycles. The number of halogens is 1. The lowest BCUT2D eigenvalue weighted by atomic mass is 10.1. The van der Waals surface area contributed by atoms with Crippen molar-refractivity contribution in [2.24, 2.45) is 0 Å². The number of hydrogen-bond acceptors (Lipinski definition) is 7. The van der Waals surface area contributed by atoms with Gasteiger partial charge in [0.15, 0.2) is 11.5 Å². The first-order chi connectivity index (χ1) is 19.5. The smallest absolute Gasteiger partial charge is 0.272 e. The lowest BCUT2D eigenvalue weighted by Gasteiger charge is -2.34. The molecule has 0 N–H and O–H groups in total. The number of rotatable bonds is 7. The Balaban J connectivity index is 1.24. The fourth-order valence-electron chi connectivity index (χ4n) is 5.02. The van der Waals surface area contributed by atoms with Crippen LogP contribution in [-0.2, 0) is 6.54 Å². The number of piperazine rings is 1. The van der Waals surface area contributed by atoms with Gasteiger partial charge in [-0.05, 0) is 60.2 Å². The van der Waals surface area contributed by atoms with Gasteiger partial charge in [-0.3, -0.25) is 9.69 Å². The molecule has 0 saturated carbocycles. The molecule has 0 unspecified atom stereocenters. The average molecular weight is 561 g/mol. The van der Waals surface area contributed by atoms with Gasteiger partial charge in [-0.1, -0.05) is 17.7 Å². The maximum Gasteiger partial charge on any atom is 0.272 e. The molecule has 2 aliphatic heterocycles. The molecule has 1 fully saturated rings. The number of aromatic nitrogens is 2. The lowest BCUT2D eigenvalue weighted by Crippen LogP contribution is -2.48. The standard InChI is InChI=1S/C30H29ClN4O5/c1-37-23-8-9-24(28(16-23)38-2)25-17-26(35(32-25)22-6-4-21(31)5-7-22)30(36)34-13-11-33(12-14-34)18-20-3-10-27-29(15-20)40-19-39-27/h3-10,15-17H,11-14,18-19H2,1-2H3. The molecule has 3 aromatic carbocycles. The number of ether oxygens (including phenoxy) is 4. The van der Waals surface area contributed by atoms with Crippen LogP contribution >= 0.6 is 11.6 Å². The summed E-state index contributed by atoms with van der Waals surface area (Å²) in [4.78, 5) is 18.1. The quantitative estimate of drug-likeness (QED) is 0.318. The average Bonchev–Trinajstić information content (AvgIpc) is 3.65. The van der Waals surface area contributed by atoms with Gasteiger partial charge >= 0.3 is 0 Å². The van der Waals surface area contributed by atoms with Crippen LogP contribution in [0.3, 0.4) is 0 Å². The SMILES string of the molecule is COc1ccc(-c2cc(C(=O)N3CCN(Cc4ccc5c(c4)OCO5)CC3)n(-c3ccc(Cl)cc3)n2)c(OC)c1. The Hall–Kier alpha value is -4.21. The van der Waals surface area contributed by atoms with Crippen LogP contribution in [0.2, 0.25) is 5.02 Å². The van der Waals surface area contributed by atoms with Crippen LogP contribution in [0.25, 0.3) is 16.9 Å². The van der Waals surface area contributed by atoms with Gasteiger partial charge < -0.3 is 23.8 Å². The summed E-state index contributed by atoms with van der Waals surface area (Å²) in [6, 6.07) is 20.7. The van der Waals surface area contributed by atoms with Gasteiger partial charge in [-0.2, -0.15) is 5.10 Å². The molecule has 10 heteroatoms. The highest BCUT2D eigenvalue weighted by atomic mass is 35.5. The van der Waals surface area contributed by atoms with Crippen LogP contribution in [0.5, 0.6) is 23.0 Å². The lowest BCUT2D eigenvalue weighted by molar-refractivity contribution is 0.0619. The molecule has 1 aromatic heterocycles. The highest BCUT2D eigenvalue weighted by molar-refractivity contribution is 6.30. The van der Waals surface area contributed by atoms with Gasteiger partial charge in [0.1, 0.15) is 17.2 Å². The van der Waals surface area contributed by atoms with Crippen LogP contribution in [0.1, 0.15) is 16.1 Å². The van der Waals surface area contributed by atoms with Crippen molar-refractivity contribution in [2.75, 3.05) is 47.2 Å². The molecule has 4 aromatic rings. The molecular weight excluding hydrogens is 532 g/mol. The van der Waals surface area contributed by atoms with Gasteiger partial charge in [0.2, 0.25) is 6.79 Å². The fourth-order valence-corrected chi connectivity index (χ4v) is 5.15. The summed E-state index contributed by atoms with van der Waals surface area (Å²) in [6.07, 6.45) is 0. The largest absolute Gasteiger partial charge is 0.497 e. The molecule has 0 atom stereocenters. The highest BCUT2D eigenvalue weighted by Crippen LogP contribution is 2.35. The Bertz CT molecular complexity index is 1530. The molecule has 40 heavy (non-hydrogen) atoms. The van der Waals surface area contributed by atoms with E-state index in [9.17, 15) is 4.79 Å². The first-order valence-corrected chi connectivity index (χ1v) is 13.4. The van der Waals surface area contributed by atoms with Crippen molar-refractivity contribution in [3.63, 3.8) is 0 Å². The summed E-state index contributed by atoms with van der Waals surface area (Å²) in [5.74, 6) is 2.77. The summed E-state index contributed by atoms with van der Waals surface area (Å²) in [6.45, 7) is 3.78. The summed E-state index contributed by atoms with van der Waals surface area (Å²) in [5, 5.41) is 5.44. The first kappa shape index (κ1) is 26.0. The second kappa shape index (κ2) is 11.1. The van der Waals surface area contributed by atoms with E-state index in [4.69, 9.17) is 35.6 Å². The number of methoxy groups -OCH3 is 2. The topological polar surface area (TPSA) is 78.3 Å². The third-order valence-corrected chi connectivity index (χ3v) is 7.44. The molecule has 206 valence electrons. The van der Waals surface area contributed by atoms with Gasteiger partial charge in [0.25, 0.3) is 5.91 Å². The van der Waals surface area contributed by atoms with Gasteiger partial charge in [-0.15, -0.1) is 0 Å². The number of carbonyl (C=O) groups is 1. The first-order valence-electron chi connectivity index (χ1n) is 13.0. The second-order valence-electron chi connectivity index (χ2n) is 9.63. The van der Waals surface area contributed by atoms with Gasteiger partial charge in [-0.25, -0.2) is 4.68 Å². The zero-order valence-corrected chi connectivity index (χ0v) is 23.1. The Kier molecular flexibility index (Phi) is 7.23. The highest BCUT2D eigenvalue weighted by Gasteiger charge is 2.27. The third-order valence-electron chi connectivity index (χ3n) is 7.19. The van der Waals surface area contributed by atoms with E-state index in [0.29, 0.717) is 41.0 Å². The Labute approximate surface area is 237 Å². The van der Waals surface area contributed by atoms with E-state index in [1.54, 1.807) is 37.1 Å². The van der Waals surface area contributed by atoms with Crippen LogP contribution in [-0.4, -0.2) is 72.7 Å². The predicted octanol–water partition coefficient (Wildman–Crippen LogP) is 4.90. The van der Waals surface area contributed by atoms with E-state index < -0.39 is 0 Å². The minimum atomic E-state index is -0.0797. The normalized spacial score (nSPS) is 14.8. The molecule has 0 spiro atoms. The predicted molar refractivity (Wildman–Crippen MR) is 151 cm³/mol. The van der Waals surface area contributed by atoms with E-state index in [1.165, 1.54) is 0 Å².